The number of rotatable bonds is 11. The van der Waals surface area contributed by atoms with E-state index in [1.165, 1.54) is 11.9 Å². The van der Waals surface area contributed by atoms with Gasteiger partial charge in [-0.05, 0) is 53.9 Å². The number of aromatic nitrogens is 3. The Bertz CT molecular complexity index is 1670. The number of hydrogen-bond donors (Lipinski definition) is 2. The average Bonchev–Trinajstić information content (AvgIpc) is 3.59. The number of nitrogens with one attached hydrogen (secondary N) is 2. The molecule has 0 aliphatic heterocycles. The zero-order chi connectivity index (χ0) is 28.2. The Hall–Kier alpha value is -4.01. The third kappa shape index (κ3) is 5.93. The van der Waals surface area contributed by atoms with Gasteiger partial charge in [-0.15, -0.1) is 0 Å². The molecule has 208 valence electrons. The highest BCUT2D eigenvalue weighted by molar-refractivity contribution is 8.00. The molecule has 9 nitrogen and oxygen atoms in total. The maximum atomic E-state index is 13.4. The lowest BCUT2D eigenvalue weighted by Crippen LogP contribution is -2.17. The lowest BCUT2D eigenvalue weighted by Gasteiger charge is -2.09. The Balaban J connectivity index is 1.26. The Morgan fingerprint density at radius 2 is 1.77 bits per heavy atom. The molecule has 14 heteroatoms. The summed E-state index contributed by atoms with van der Waals surface area (Å²) >= 11 is 1.33. The molecule has 2 aromatic heterocycles. The van der Waals surface area contributed by atoms with Gasteiger partial charge in [-0.3, -0.25) is 4.68 Å². The molecule has 0 aliphatic carbocycles. The van der Waals surface area contributed by atoms with Crippen molar-refractivity contribution in [3.8, 4) is 11.5 Å². The van der Waals surface area contributed by atoms with Gasteiger partial charge in [0.05, 0.1) is 36.8 Å². The molecule has 0 spiro atoms. The van der Waals surface area contributed by atoms with Crippen LogP contribution in [-0.2, 0) is 24.1 Å². The Labute approximate surface area is 233 Å². The van der Waals surface area contributed by atoms with Crippen LogP contribution in [0.15, 0.2) is 75.2 Å². The second-order valence-corrected chi connectivity index (χ2v) is 10.5. The Morgan fingerprint density at radius 1 is 1.02 bits per heavy atom. The molecule has 0 radical (unpaired) electrons. The van der Waals surface area contributed by atoms with Gasteiger partial charge in [0.15, 0.2) is 28.9 Å². The number of methoxy groups -OCH3 is 2. The van der Waals surface area contributed by atoms with Crippen molar-refractivity contribution >= 4 is 39.7 Å². The molecule has 0 aliphatic rings. The largest absolute Gasteiger partial charge is 0.496 e. The summed E-state index contributed by atoms with van der Waals surface area (Å²) in [6.45, 7) is 0.458. The molecule has 5 rings (SSSR count). The molecule has 3 aromatic carbocycles. The second kappa shape index (κ2) is 12.0. The summed E-state index contributed by atoms with van der Waals surface area (Å²) in [5, 5.41) is 9.14. The predicted octanol–water partition coefficient (Wildman–Crippen LogP) is 5.44. The summed E-state index contributed by atoms with van der Waals surface area (Å²) in [6, 6.07) is 12.6. The number of para-hydroxylation sites is 1. The summed E-state index contributed by atoms with van der Waals surface area (Å²) in [7, 11) is 1.20. The van der Waals surface area contributed by atoms with Crippen LogP contribution in [0, 0.1) is 17.5 Å². The van der Waals surface area contributed by atoms with E-state index in [9.17, 15) is 17.4 Å². The molecule has 2 N–H and O–H groups in total. The highest BCUT2D eigenvalue weighted by atomic mass is 32.2. The third-order valence-electron chi connectivity index (χ3n) is 5.75. The van der Waals surface area contributed by atoms with Gasteiger partial charge in [0.1, 0.15) is 27.9 Å². The number of anilines is 1. The van der Waals surface area contributed by atoms with E-state index in [0.717, 1.165) is 16.2 Å². The van der Waals surface area contributed by atoms with E-state index in [-0.39, 0.29) is 11.4 Å². The third-order valence-corrected chi connectivity index (χ3v) is 7.68. The van der Waals surface area contributed by atoms with E-state index < -0.39 is 28.4 Å². The van der Waals surface area contributed by atoms with Crippen molar-refractivity contribution < 1.29 is 31.4 Å². The fraction of sp³-hybridized carbons (Fsp3) is 0.154. The summed E-state index contributed by atoms with van der Waals surface area (Å²) < 4.78 is 76.5. The molecule has 0 saturated carbocycles. The molecular formula is C26H22F3N5O4S2. The van der Waals surface area contributed by atoms with Crippen molar-refractivity contribution in [2.45, 2.75) is 22.9 Å². The molecule has 5 aromatic rings. The van der Waals surface area contributed by atoms with Gasteiger partial charge in [-0.25, -0.2) is 22.1 Å². The topological polar surface area (TPSA) is 103 Å². The van der Waals surface area contributed by atoms with E-state index in [0.29, 0.717) is 46.8 Å². The van der Waals surface area contributed by atoms with Crippen LogP contribution in [-0.4, -0.2) is 33.4 Å². The normalized spacial score (nSPS) is 12.0. The lowest BCUT2D eigenvalue weighted by molar-refractivity contribution is 0.405. The number of halogens is 3. The highest BCUT2D eigenvalue weighted by Crippen LogP contribution is 2.37. The smallest absolute Gasteiger partial charge is 0.194 e. The van der Waals surface area contributed by atoms with E-state index >= 15 is 0 Å². The van der Waals surface area contributed by atoms with E-state index in [2.05, 4.69) is 19.7 Å². The number of nitrogens with zero attached hydrogens (tertiary/aromatic N) is 3. The fourth-order valence-corrected chi connectivity index (χ4v) is 5.49. The van der Waals surface area contributed by atoms with Gasteiger partial charge >= 0.3 is 0 Å². The van der Waals surface area contributed by atoms with E-state index in [4.69, 9.17) is 14.0 Å². The monoisotopic (exact) mass is 589 g/mol. The van der Waals surface area contributed by atoms with Crippen LogP contribution in [0.4, 0.5) is 19.0 Å². The standard InChI is InChI=1S/C26H22F3N5O4S2/c1-36-20-5-3-4-6-23(20)39-33-26-24-21(37-2)7-15(8-22(24)38-32-26)13-34-14-16(11-30-34)12-31-40(35)17-9-18(27)25(29)19(28)10-17/h3-11,14,31H,12-13H2,1-2H3,(H,32,33). The van der Waals surface area contributed by atoms with Gasteiger partial charge in [0.25, 0.3) is 0 Å². The summed E-state index contributed by atoms with van der Waals surface area (Å²) in [5.41, 5.74) is 2.01. The summed E-state index contributed by atoms with van der Waals surface area (Å²) in [5.74, 6) is -2.65. The minimum absolute atomic E-state index is 0.0938. The van der Waals surface area contributed by atoms with Crippen LogP contribution in [0.2, 0.25) is 0 Å². The van der Waals surface area contributed by atoms with Crippen LogP contribution in [0.25, 0.3) is 11.0 Å². The molecule has 0 bridgehead atoms. The number of benzene rings is 3. The van der Waals surface area contributed by atoms with Crippen molar-refractivity contribution in [1.82, 2.24) is 19.7 Å². The summed E-state index contributed by atoms with van der Waals surface area (Å²) in [6.07, 6.45) is 3.29. The Morgan fingerprint density at radius 3 is 2.52 bits per heavy atom. The number of ether oxygens (including phenoxy) is 2. The molecular weight excluding hydrogens is 567 g/mol. The van der Waals surface area contributed by atoms with Crippen molar-refractivity contribution in [1.29, 1.82) is 0 Å². The van der Waals surface area contributed by atoms with Crippen molar-refractivity contribution in [2.75, 3.05) is 18.9 Å². The fourth-order valence-electron chi connectivity index (χ4n) is 3.86. The molecule has 0 saturated heterocycles. The molecule has 1 unspecified atom stereocenters. The van der Waals surface area contributed by atoms with Crippen LogP contribution >= 0.6 is 11.9 Å². The molecule has 40 heavy (non-hydrogen) atoms. The molecule has 2 heterocycles. The van der Waals surface area contributed by atoms with Crippen LogP contribution in [0.5, 0.6) is 11.5 Å². The highest BCUT2D eigenvalue weighted by Gasteiger charge is 2.17. The molecule has 1 atom stereocenters. The first-order chi connectivity index (χ1) is 19.4. The van der Waals surface area contributed by atoms with Gasteiger partial charge in [-0.2, -0.15) is 5.10 Å². The zero-order valence-corrected chi connectivity index (χ0v) is 22.7. The van der Waals surface area contributed by atoms with Crippen LogP contribution < -0.4 is 18.9 Å². The predicted molar refractivity (Wildman–Crippen MR) is 144 cm³/mol. The van der Waals surface area contributed by atoms with Gasteiger partial charge in [0, 0.05) is 18.3 Å². The van der Waals surface area contributed by atoms with Crippen LogP contribution in [0.3, 0.4) is 0 Å². The first-order valence-corrected chi connectivity index (χ1v) is 13.7. The van der Waals surface area contributed by atoms with Gasteiger partial charge < -0.3 is 18.7 Å². The molecule has 0 fully saturated rings. The first kappa shape index (κ1) is 27.6. The number of hydrogen-bond acceptors (Lipinski definition) is 8. The second-order valence-electron chi connectivity index (χ2n) is 8.39. The van der Waals surface area contributed by atoms with Crippen molar-refractivity contribution in [3.63, 3.8) is 0 Å². The lowest BCUT2D eigenvalue weighted by atomic mass is 10.1. The van der Waals surface area contributed by atoms with E-state index in [1.807, 2.05) is 36.4 Å². The number of fused-ring (bicyclic) bond motifs is 1. The first-order valence-electron chi connectivity index (χ1n) is 11.7. The maximum Gasteiger partial charge on any atom is 0.194 e. The minimum Gasteiger partial charge on any atom is -0.496 e. The van der Waals surface area contributed by atoms with Crippen molar-refractivity contribution in [2.24, 2.45) is 0 Å². The van der Waals surface area contributed by atoms with Gasteiger partial charge in [-0.1, -0.05) is 17.3 Å². The summed E-state index contributed by atoms with van der Waals surface area (Å²) in [4.78, 5) is 0.660. The van der Waals surface area contributed by atoms with Gasteiger partial charge in [0.2, 0.25) is 0 Å². The average molecular weight is 590 g/mol. The maximum absolute atomic E-state index is 13.4. The zero-order valence-electron chi connectivity index (χ0n) is 21.1. The minimum atomic E-state index is -1.96. The van der Waals surface area contributed by atoms with Crippen LogP contribution in [0.1, 0.15) is 11.1 Å². The van der Waals surface area contributed by atoms with Crippen molar-refractivity contribution in [3.05, 3.63) is 89.5 Å². The Kier molecular flexibility index (Phi) is 8.28. The SMILES string of the molecule is COc1ccccc1SNc1noc2cc(Cn3cc(CNS(=O)c4cc(F)c(F)c(F)c4)cn3)cc(OC)c12. The quantitative estimate of drug-likeness (QED) is 0.155. The van der Waals surface area contributed by atoms with E-state index in [1.54, 1.807) is 31.3 Å². The molecule has 0 amide bonds.